The van der Waals surface area contributed by atoms with Crippen LogP contribution < -0.4 is 4.47 Å². The van der Waals surface area contributed by atoms with Gasteiger partial charge in [0.15, 0.2) is 5.82 Å². The van der Waals surface area contributed by atoms with E-state index < -0.39 is 38.1 Å². The summed E-state index contributed by atoms with van der Waals surface area (Å²) in [4.78, 5) is 3.72. The Morgan fingerprint density at radius 2 is 1.82 bits per heavy atom. The number of benzene rings is 2. The highest BCUT2D eigenvalue weighted by atomic mass is 79.9. The zero-order chi connectivity index (χ0) is 16.5. The summed E-state index contributed by atoms with van der Waals surface area (Å²) in [5.41, 5.74) is -0.472. The van der Waals surface area contributed by atoms with E-state index in [1.165, 1.54) is 12.1 Å². The van der Waals surface area contributed by atoms with Crippen molar-refractivity contribution in [2.75, 3.05) is 11.6 Å². The lowest BCUT2D eigenvalue weighted by Gasteiger charge is -2.22. The third-order valence-corrected chi connectivity index (χ3v) is 4.95. The van der Waals surface area contributed by atoms with E-state index in [-0.39, 0.29) is 8.94 Å². The zero-order valence-electron chi connectivity index (χ0n) is 11.1. The van der Waals surface area contributed by atoms with Gasteiger partial charge in [0.25, 0.3) is 10.0 Å². The van der Waals surface area contributed by atoms with Crippen LogP contribution in [0.4, 0.5) is 18.9 Å². The molecule has 0 saturated heterocycles. The Morgan fingerprint density at radius 1 is 1.14 bits per heavy atom. The molecule has 0 fully saturated rings. The molecule has 0 N–H and O–H groups in total. The molecule has 0 bridgehead atoms. The molecule has 0 atom stereocenters. The SMILES string of the molecule is CON(c1cccc(Br)c1F)S(=O)(=O)c1cc(F)ccc1F. The van der Waals surface area contributed by atoms with E-state index in [1.54, 1.807) is 0 Å². The summed E-state index contributed by atoms with van der Waals surface area (Å²) in [5, 5.41) is 0. The highest BCUT2D eigenvalue weighted by Gasteiger charge is 2.31. The van der Waals surface area contributed by atoms with Crippen molar-refractivity contribution in [3.05, 3.63) is 58.3 Å². The highest BCUT2D eigenvalue weighted by Crippen LogP contribution is 2.31. The molecule has 0 amide bonds. The monoisotopic (exact) mass is 395 g/mol. The first-order chi connectivity index (χ1) is 10.3. The lowest BCUT2D eigenvalue weighted by atomic mass is 10.3. The summed E-state index contributed by atoms with van der Waals surface area (Å²) < 4.78 is 66.0. The van der Waals surface area contributed by atoms with Crippen molar-refractivity contribution >= 4 is 31.6 Å². The second-order valence-electron chi connectivity index (χ2n) is 4.06. The molecule has 0 unspecified atom stereocenters. The third-order valence-electron chi connectivity index (χ3n) is 2.68. The van der Waals surface area contributed by atoms with Crippen LogP contribution in [-0.4, -0.2) is 15.5 Å². The number of hydrogen-bond donors (Lipinski definition) is 0. The van der Waals surface area contributed by atoms with Gasteiger partial charge in [0, 0.05) is 0 Å². The van der Waals surface area contributed by atoms with Gasteiger partial charge in [-0.15, -0.1) is 4.47 Å². The first-order valence-electron chi connectivity index (χ1n) is 5.77. The number of anilines is 1. The minimum absolute atomic E-state index is 0.0121. The van der Waals surface area contributed by atoms with E-state index in [0.717, 1.165) is 19.2 Å². The molecule has 0 aliphatic rings. The smallest absolute Gasteiger partial charge is 0.262 e. The van der Waals surface area contributed by atoms with Crippen LogP contribution in [0, 0.1) is 17.5 Å². The van der Waals surface area contributed by atoms with Crippen LogP contribution in [0.25, 0.3) is 0 Å². The molecule has 0 saturated carbocycles. The van der Waals surface area contributed by atoms with Gasteiger partial charge in [-0.1, -0.05) is 6.07 Å². The molecule has 2 aromatic carbocycles. The Bertz CT molecular complexity index is 814. The average Bonchev–Trinajstić information content (AvgIpc) is 2.46. The largest absolute Gasteiger partial charge is 0.289 e. The van der Waals surface area contributed by atoms with Crippen molar-refractivity contribution in [1.29, 1.82) is 0 Å². The van der Waals surface area contributed by atoms with Gasteiger partial charge in [0.2, 0.25) is 0 Å². The molecule has 0 aromatic heterocycles. The van der Waals surface area contributed by atoms with Gasteiger partial charge in [-0.05, 0) is 46.3 Å². The summed E-state index contributed by atoms with van der Waals surface area (Å²) in [6.07, 6.45) is 0. The fraction of sp³-hybridized carbons (Fsp3) is 0.0769. The Kier molecular flexibility index (Phi) is 4.78. The Hall–Kier alpha value is -1.58. The maximum atomic E-state index is 14.1. The molecular weight excluding hydrogens is 387 g/mol. The van der Waals surface area contributed by atoms with Crippen molar-refractivity contribution in [2.24, 2.45) is 0 Å². The summed E-state index contributed by atoms with van der Waals surface area (Å²) in [7, 11) is -3.69. The van der Waals surface area contributed by atoms with E-state index >= 15 is 0 Å². The van der Waals surface area contributed by atoms with Gasteiger partial charge in [-0.3, -0.25) is 4.84 Å². The quantitative estimate of drug-likeness (QED) is 0.742. The first kappa shape index (κ1) is 16.8. The van der Waals surface area contributed by atoms with Gasteiger partial charge < -0.3 is 0 Å². The topological polar surface area (TPSA) is 46.6 Å². The van der Waals surface area contributed by atoms with Crippen LogP contribution in [-0.2, 0) is 14.9 Å². The maximum absolute atomic E-state index is 14.1. The molecule has 0 heterocycles. The van der Waals surface area contributed by atoms with Crippen LogP contribution in [0.15, 0.2) is 45.8 Å². The number of nitrogens with zero attached hydrogens (tertiary/aromatic N) is 1. The van der Waals surface area contributed by atoms with Gasteiger partial charge in [-0.25, -0.2) is 13.2 Å². The first-order valence-corrected chi connectivity index (χ1v) is 8.01. The van der Waals surface area contributed by atoms with Crippen molar-refractivity contribution in [1.82, 2.24) is 0 Å². The maximum Gasteiger partial charge on any atom is 0.289 e. The van der Waals surface area contributed by atoms with Gasteiger partial charge in [0.1, 0.15) is 22.2 Å². The Morgan fingerprint density at radius 3 is 2.45 bits per heavy atom. The number of rotatable bonds is 4. The molecule has 9 heteroatoms. The molecule has 2 aromatic rings. The van der Waals surface area contributed by atoms with E-state index in [4.69, 9.17) is 0 Å². The summed E-state index contributed by atoms with van der Waals surface area (Å²) in [6.45, 7) is 0. The minimum atomic E-state index is -4.66. The van der Waals surface area contributed by atoms with Crippen LogP contribution in [0.2, 0.25) is 0 Å². The summed E-state index contributed by atoms with van der Waals surface area (Å²) >= 11 is 2.91. The predicted molar refractivity (Wildman–Crippen MR) is 77.1 cm³/mol. The van der Waals surface area contributed by atoms with E-state index in [0.29, 0.717) is 12.1 Å². The van der Waals surface area contributed by atoms with E-state index in [1.807, 2.05) is 0 Å². The van der Waals surface area contributed by atoms with Crippen molar-refractivity contribution in [3.8, 4) is 0 Å². The van der Waals surface area contributed by atoms with Crippen LogP contribution >= 0.6 is 15.9 Å². The molecule has 0 radical (unpaired) electrons. The van der Waals surface area contributed by atoms with Gasteiger partial charge >= 0.3 is 0 Å². The highest BCUT2D eigenvalue weighted by molar-refractivity contribution is 9.10. The number of sulfonamides is 1. The van der Waals surface area contributed by atoms with Crippen LogP contribution in [0.3, 0.4) is 0 Å². The summed E-state index contributed by atoms with van der Waals surface area (Å²) in [6, 6.07) is 5.76. The lowest BCUT2D eigenvalue weighted by molar-refractivity contribution is 0.213. The van der Waals surface area contributed by atoms with Crippen molar-refractivity contribution in [3.63, 3.8) is 0 Å². The normalized spacial score (nSPS) is 11.5. The van der Waals surface area contributed by atoms with Gasteiger partial charge in [-0.2, -0.15) is 8.42 Å². The van der Waals surface area contributed by atoms with E-state index in [9.17, 15) is 21.6 Å². The Labute approximate surface area is 133 Å². The second kappa shape index (κ2) is 6.27. The van der Waals surface area contributed by atoms with Crippen LogP contribution in [0.5, 0.6) is 0 Å². The number of halogens is 4. The van der Waals surface area contributed by atoms with Crippen molar-refractivity contribution in [2.45, 2.75) is 4.90 Å². The zero-order valence-corrected chi connectivity index (χ0v) is 13.5. The molecule has 22 heavy (non-hydrogen) atoms. The average molecular weight is 396 g/mol. The molecular formula is C13H9BrF3NO3S. The molecule has 118 valence electrons. The minimum Gasteiger partial charge on any atom is -0.262 e. The molecule has 0 spiro atoms. The predicted octanol–water partition coefficient (Wildman–Crippen LogP) is 3.62. The summed E-state index contributed by atoms with van der Waals surface area (Å²) in [5.74, 6) is -3.06. The molecule has 0 aliphatic carbocycles. The standard InChI is InChI=1S/C13H9BrF3NO3S/c1-21-18(11-4-2-3-9(14)13(11)17)22(19,20)12-7-8(15)5-6-10(12)16/h2-7H,1H3. The van der Waals surface area contributed by atoms with Crippen LogP contribution in [0.1, 0.15) is 0 Å². The molecule has 4 nitrogen and oxygen atoms in total. The fourth-order valence-corrected chi connectivity index (χ4v) is 3.43. The third kappa shape index (κ3) is 2.96. The number of hydrogen-bond acceptors (Lipinski definition) is 3. The fourth-order valence-electron chi connectivity index (χ4n) is 1.72. The Balaban J connectivity index is 2.64. The molecule has 0 aliphatic heterocycles. The lowest BCUT2D eigenvalue weighted by Crippen LogP contribution is -2.31. The van der Waals surface area contributed by atoms with Gasteiger partial charge in [0.05, 0.1) is 11.6 Å². The van der Waals surface area contributed by atoms with Crippen molar-refractivity contribution < 1.29 is 26.4 Å². The molecule has 2 rings (SSSR count). The van der Waals surface area contributed by atoms with E-state index in [2.05, 4.69) is 20.8 Å². The second-order valence-corrected chi connectivity index (χ2v) is 6.64.